The van der Waals surface area contributed by atoms with Crippen LogP contribution >= 0.6 is 35.0 Å². The molecule has 5 heteroatoms. The van der Waals surface area contributed by atoms with Crippen LogP contribution in [0, 0.1) is 0 Å². The van der Waals surface area contributed by atoms with E-state index in [1.165, 1.54) is 0 Å². The molecule has 0 radical (unpaired) electrons. The summed E-state index contributed by atoms with van der Waals surface area (Å²) in [5.41, 5.74) is 1.05. The van der Waals surface area contributed by atoms with E-state index >= 15 is 0 Å². The van der Waals surface area contributed by atoms with Gasteiger partial charge < -0.3 is 10.4 Å². The summed E-state index contributed by atoms with van der Waals surface area (Å²) in [6.45, 7) is 4.37. The van der Waals surface area contributed by atoms with Crippen molar-refractivity contribution in [1.29, 1.82) is 0 Å². The lowest BCUT2D eigenvalue weighted by Gasteiger charge is -2.27. The third-order valence-corrected chi connectivity index (χ3v) is 4.98. The molecule has 0 aliphatic rings. The van der Waals surface area contributed by atoms with E-state index in [0.717, 1.165) is 12.0 Å². The molecule has 0 bridgehead atoms. The second-order valence-corrected chi connectivity index (χ2v) is 6.46. The molecule has 0 spiro atoms. The molecule has 1 aromatic rings. The predicted octanol–water partition coefficient (Wildman–Crippen LogP) is 4.15. The molecule has 2 nitrogen and oxygen atoms in total. The Morgan fingerprint density at radius 1 is 1.37 bits per heavy atom. The summed E-state index contributed by atoms with van der Waals surface area (Å²) in [5.74, 6) is 0. The zero-order valence-electron chi connectivity index (χ0n) is 11.5. The molecule has 1 aromatic carbocycles. The molecule has 0 amide bonds. The van der Waals surface area contributed by atoms with E-state index in [1.807, 2.05) is 18.4 Å². The van der Waals surface area contributed by atoms with Crippen LogP contribution in [0.25, 0.3) is 0 Å². The fraction of sp³-hybridized carbons (Fsp3) is 0.571. The Hall–Kier alpha value is 0.0700. The standard InChI is InChI=1S/C14H21Cl2NOS/c1-4-13(17-9(2)14(8-18)19-3)11-6-5-10(15)7-12(11)16/h5-7,9,13-14,17-18H,4,8H2,1-3H3. The molecule has 0 heterocycles. The zero-order chi connectivity index (χ0) is 14.4. The van der Waals surface area contributed by atoms with Gasteiger partial charge in [-0.3, -0.25) is 0 Å². The number of hydrogen-bond donors (Lipinski definition) is 2. The highest BCUT2D eigenvalue weighted by molar-refractivity contribution is 7.99. The second kappa shape index (κ2) is 8.38. The van der Waals surface area contributed by atoms with Crippen LogP contribution in [0.4, 0.5) is 0 Å². The van der Waals surface area contributed by atoms with Gasteiger partial charge in [-0.15, -0.1) is 0 Å². The van der Waals surface area contributed by atoms with Crippen LogP contribution in [0.1, 0.15) is 31.9 Å². The summed E-state index contributed by atoms with van der Waals surface area (Å²) in [7, 11) is 0. The van der Waals surface area contributed by atoms with E-state index in [4.69, 9.17) is 23.2 Å². The van der Waals surface area contributed by atoms with Crippen molar-refractivity contribution in [2.45, 2.75) is 37.6 Å². The summed E-state index contributed by atoms with van der Waals surface area (Å²) in [6.07, 6.45) is 2.94. The molecule has 0 aromatic heterocycles. The maximum atomic E-state index is 9.34. The third-order valence-electron chi connectivity index (χ3n) is 3.25. The van der Waals surface area contributed by atoms with Crippen LogP contribution in [0.15, 0.2) is 18.2 Å². The highest BCUT2D eigenvalue weighted by Crippen LogP contribution is 2.29. The second-order valence-electron chi connectivity index (χ2n) is 4.54. The Balaban J connectivity index is 2.83. The number of thioether (sulfide) groups is 1. The van der Waals surface area contributed by atoms with Crippen LogP contribution in [0.5, 0.6) is 0 Å². The fourth-order valence-corrected chi connectivity index (χ4v) is 3.25. The summed E-state index contributed by atoms with van der Waals surface area (Å²) in [6, 6.07) is 5.96. The number of aliphatic hydroxyl groups is 1. The van der Waals surface area contributed by atoms with Crippen LogP contribution in [-0.2, 0) is 0 Å². The smallest absolute Gasteiger partial charge is 0.0564 e. The van der Waals surface area contributed by atoms with Crippen molar-refractivity contribution in [3.8, 4) is 0 Å². The summed E-state index contributed by atoms with van der Waals surface area (Å²) < 4.78 is 0. The van der Waals surface area contributed by atoms with Crippen molar-refractivity contribution < 1.29 is 5.11 Å². The maximum absolute atomic E-state index is 9.34. The third kappa shape index (κ3) is 4.83. The number of halogens is 2. The van der Waals surface area contributed by atoms with E-state index in [9.17, 15) is 5.11 Å². The van der Waals surface area contributed by atoms with E-state index in [-0.39, 0.29) is 23.9 Å². The Kier molecular flexibility index (Phi) is 7.55. The van der Waals surface area contributed by atoms with Gasteiger partial charge in [-0.05, 0) is 37.3 Å². The fourth-order valence-electron chi connectivity index (χ4n) is 2.07. The Morgan fingerprint density at radius 2 is 2.05 bits per heavy atom. The maximum Gasteiger partial charge on any atom is 0.0564 e. The van der Waals surface area contributed by atoms with Gasteiger partial charge in [-0.1, -0.05) is 36.2 Å². The molecule has 0 aliphatic carbocycles. The number of rotatable bonds is 7. The Bertz CT molecular complexity index is 399. The predicted molar refractivity (Wildman–Crippen MR) is 86.5 cm³/mol. The first-order valence-corrected chi connectivity index (χ1v) is 8.42. The molecule has 0 fully saturated rings. The minimum atomic E-state index is 0.167. The highest BCUT2D eigenvalue weighted by Gasteiger charge is 2.20. The normalized spacial score (nSPS) is 16.1. The molecule has 0 saturated carbocycles. The van der Waals surface area contributed by atoms with E-state index in [2.05, 4.69) is 19.2 Å². The lowest BCUT2D eigenvalue weighted by atomic mass is 10.0. The summed E-state index contributed by atoms with van der Waals surface area (Å²) >= 11 is 13.8. The van der Waals surface area contributed by atoms with Crippen molar-refractivity contribution in [2.24, 2.45) is 0 Å². The van der Waals surface area contributed by atoms with Gasteiger partial charge in [0.1, 0.15) is 0 Å². The molecule has 0 saturated heterocycles. The molecular formula is C14H21Cl2NOS. The minimum Gasteiger partial charge on any atom is -0.395 e. The van der Waals surface area contributed by atoms with Crippen molar-refractivity contribution in [2.75, 3.05) is 12.9 Å². The van der Waals surface area contributed by atoms with Crippen molar-refractivity contribution in [3.05, 3.63) is 33.8 Å². The SMILES string of the molecule is CCC(NC(C)C(CO)SC)c1ccc(Cl)cc1Cl. The molecule has 1 rings (SSSR count). The molecule has 3 unspecified atom stereocenters. The first-order chi connectivity index (χ1) is 9.03. The lowest BCUT2D eigenvalue weighted by molar-refractivity contribution is 0.269. The van der Waals surface area contributed by atoms with Crippen molar-refractivity contribution >= 4 is 35.0 Å². The van der Waals surface area contributed by atoms with E-state index in [0.29, 0.717) is 10.0 Å². The number of benzene rings is 1. The quantitative estimate of drug-likeness (QED) is 0.791. The average molecular weight is 322 g/mol. The van der Waals surface area contributed by atoms with Gasteiger partial charge in [0.05, 0.1) is 6.61 Å². The monoisotopic (exact) mass is 321 g/mol. The molecule has 2 N–H and O–H groups in total. The topological polar surface area (TPSA) is 32.3 Å². The molecule has 19 heavy (non-hydrogen) atoms. The Labute approximate surface area is 129 Å². The van der Waals surface area contributed by atoms with Gasteiger partial charge >= 0.3 is 0 Å². The Morgan fingerprint density at radius 3 is 2.53 bits per heavy atom. The molecule has 108 valence electrons. The largest absolute Gasteiger partial charge is 0.395 e. The van der Waals surface area contributed by atoms with Crippen LogP contribution in [0.2, 0.25) is 10.0 Å². The first kappa shape index (κ1) is 17.1. The zero-order valence-corrected chi connectivity index (χ0v) is 13.8. The lowest BCUT2D eigenvalue weighted by Crippen LogP contribution is -2.39. The highest BCUT2D eigenvalue weighted by atomic mass is 35.5. The number of aliphatic hydroxyl groups excluding tert-OH is 1. The molecule has 3 atom stereocenters. The number of nitrogens with one attached hydrogen (secondary N) is 1. The van der Waals surface area contributed by atoms with Gasteiger partial charge in [-0.2, -0.15) is 11.8 Å². The van der Waals surface area contributed by atoms with Gasteiger partial charge in [0.15, 0.2) is 0 Å². The minimum absolute atomic E-state index is 0.167. The molecule has 0 aliphatic heterocycles. The summed E-state index contributed by atoms with van der Waals surface area (Å²) in [5, 5.41) is 14.4. The van der Waals surface area contributed by atoms with E-state index < -0.39 is 0 Å². The van der Waals surface area contributed by atoms with Crippen LogP contribution < -0.4 is 5.32 Å². The van der Waals surface area contributed by atoms with Gasteiger partial charge in [0.2, 0.25) is 0 Å². The van der Waals surface area contributed by atoms with Crippen LogP contribution in [0.3, 0.4) is 0 Å². The van der Waals surface area contributed by atoms with Crippen LogP contribution in [-0.4, -0.2) is 29.3 Å². The van der Waals surface area contributed by atoms with Crippen molar-refractivity contribution in [3.63, 3.8) is 0 Å². The van der Waals surface area contributed by atoms with Gasteiger partial charge in [-0.25, -0.2) is 0 Å². The average Bonchev–Trinajstić information content (AvgIpc) is 2.38. The first-order valence-electron chi connectivity index (χ1n) is 6.38. The van der Waals surface area contributed by atoms with E-state index in [1.54, 1.807) is 17.8 Å². The van der Waals surface area contributed by atoms with Gasteiger partial charge in [0.25, 0.3) is 0 Å². The molecular weight excluding hydrogens is 301 g/mol. The van der Waals surface area contributed by atoms with Gasteiger partial charge in [0, 0.05) is 27.4 Å². The summed E-state index contributed by atoms with van der Waals surface area (Å²) in [4.78, 5) is 0. The number of hydrogen-bond acceptors (Lipinski definition) is 3. The van der Waals surface area contributed by atoms with Crippen molar-refractivity contribution in [1.82, 2.24) is 5.32 Å².